The van der Waals surface area contributed by atoms with Crippen LogP contribution in [0, 0.1) is 6.92 Å². The number of carbonyl (C=O) groups excluding carboxylic acids is 1. The van der Waals surface area contributed by atoms with Crippen LogP contribution in [0.25, 0.3) is 11.3 Å². The molecule has 0 aliphatic heterocycles. The smallest absolute Gasteiger partial charge is 0.256 e. The molecule has 0 unspecified atom stereocenters. The highest BCUT2D eigenvalue weighted by atomic mass is 79.9. The number of amides is 1. The number of thioether (sulfide) groups is 1. The lowest BCUT2D eigenvalue weighted by molar-refractivity contribution is -0.118. The predicted molar refractivity (Wildman–Crippen MR) is 103 cm³/mol. The number of aryl methyl sites for hydroxylation is 1. The molecule has 1 amide bonds. The van der Waals surface area contributed by atoms with Gasteiger partial charge in [0.05, 0.1) is 11.9 Å². The number of halogens is 1. The van der Waals surface area contributed by atoms with E-state index in [1.165, 1.54) is 17.3 Å². The van der Waals surface area contributed by atoms with E-state index in [9.17, 15) is 4.79 Å². The molecule has 2 aromatic carbocycles. The fourth-order valence-corrected chi connectivity index (χ4v) is 3.05. The molecule has 3 aromatic rings. The van der Waals surface area contributed by atoms with E-state index in [1.54, 1.807) is 6.20 Å². The fourth-order valence-electron chi connectivity index (χ4n) is 2.16. The maximum atomic E-state index is 12.0. The first-order valence-electron chi connectivity index (χ1n) is 7.77. The zero-order chi connectivity index (χ0) is 17.6. The molecule has 0 radical (unpaired) electrons. The Morgan fingerprint density at radius 2 is 1.88 bits per heavy atom. The first-order valence-corrected chi connectivity index (χ1v) is 9.55. The van der Waals surface area contributed by atoms with Crippen LogP contribution in [0.15, 0.2) is 68.8 Å². The highest BCUT2D eigenvalue weighted by Crippen LogP contribution is 2.26. The standard InChI is InChI=1S/C19H17BrN2O2S/c1-13-2-4-14(5-3-13)10-21-18(23)12-25-19-22-11-17(24-19)15-6-8-16(20)9-7-15/h2-9,11H,10,12H2,1H3,(H,21,23). The minimum atomic E-state index is -0.0473. The summed E-state index contributed by atoms with van der Waals surface area (Å²) in [6.07, 6.45) is 1.68. The molecule has 1 N–H and O–H groups in total. The monoisotopic (exact) mass is 416 g/mol. The molecule has 0 saturated carbocycles. The van der Waals surface area contributed by atoms with Crippen LogP contribution in [0.5, 0.6) is 0 Å². The number of hydrogen-bond donors (Lipinski definition) is 1. The lowest BCUT2D eigenvalue weighted by Crippen LogP contribution is -2.24. The van der Waals surface area contributed by atoms with Crippen molar-refractivity contribution in [1.29, 1.82) is 0 Å². The summed E-state index contributed by atoms with van der Waals surface area (Å²) in [7, 11) is 0. The summed E-state index contributed by atoms with van der Waals surface area (Å²) < 4.78 is 6.70. The van der Waals surface area contributed by atoms with E-state index in [0.29, 0.717) is 17.5 Å². The Labute approximate surface area is 159 Å². The van der Waals surface area contributed by atoms with Crippen LogP contribution < -0.4 is 5.32 Å². The molecule has 0 aliphatic rings. The molecule has 0 bridgehead atoms. The highest BCUT2D eigenvalue weighted by Gasteiger charge is 2.09. The molecule has 0 aliphatic carbocycles. The van der Waals surface area contributed by atoms with Gasteiger partial charge in [-0.1, -0.05) is 69.7 Å². The van der Waals surface area contributed by atoms with Crippen molar-refractivity contribution in [3.8, 4) is 11.3 Å². The number of nitrogens with one attached hydrogen (secondary N) is 1. The van der Waals surface area contributed by atoms with Crippen molar-refractivity contribution in [2.24, 2.45) is 0 Å². The van der Waals surface area contributed by atoms with Crippen LogP contribution in [-0.4, -0.2) is 16.6 Å². The summed E-state index contributed by atoms with van der Waals surface area (Å²) in [6.45, 7) is 2.56. The summed E-state index contributed by atoms with van der Waals surface area (Å²) in [6, 6.07) is 15.9. The Morgan fingerprint density at radius 3 is 2.60 bits per heavy atom. The van der Waals surface area contributed by atoms with E-state index in [4.69, 9.17) is 4.42 Å². The molecule has 1 aromatic heterocycles. The average Bonchev–Trinajstić information content (AvgIpc) is 3.09. The summed E-state index contributed by atoms with van der Waals surface area (Å²) in [5.74, 6) is 0.913. The molecule has 128 valence electrons. The Bertz CT molecular complexity index is 845. The van der Waals surface area contributed by atoms with Crippen molar-refractivity contribution < 1.29 is 9.21 Å². The summed E-state index contributed by atoms with van der Waals surface area (Å²) in [4.78, 5) is 16.2. The zero-order valence-electron chi connectivity index (χ0n) is 13.7. The molecule has 25 heavy (non-hydrogen) atoms. The first-order chi connectivity index (χ1) is 12.1. The first kappa shape index (κ1) is 17.8. The number of hydrogen-bond acceptors (Lipinski definition) is 4. The van der Waals surface area contributed by atoms with Crippen molar-refractivity contribution in [3.05, 3.63) is 70.3 Å². The van der Waals surface area contributed by atoms with E-state index in [-0.39, 0.29) is 11.7 Å². The van der Waals surface area contributed by atoms with Crippen molar-refractivity contribution in [1.82, 2.24) is 10.3 Å². The lowest BCUT2D eigenvalue weighted by atomic mass is 10.1. The Hall–Kier alpha value is -2.05. The van der Waals surface area contributed by atoms with Gasteiger partial charge < -0.3 is 9.73 Å². The number of nitrogens with zero attached hydrogens (tertiary/aromatic N) is 1. The van der Waals surface area contributed by atoms with Gasteiger partial charge in [-0.25, -0.2) is 4.98 Å². The quantitative estimate of drug-likeness (QED) is 0.585. The lowest BCUT2D eigenvalue weighted by Gasteiger charge is -2.04. The molecule has 0 fully saturated rings. The van der Waals surface area contributed by atoms with Gasteiger partial charge in [-0.3, -0.25) is 4.79 Å². The normalized spacial score (nSPS) is 10.6. The number of oxazole rings is 1. The Morgan fingerprint density at radius 1 is 1.16 bits per heavy atom. The van der Waals surface area contributed by atoms with Gasteiger partial charge in [-0.2, -0.15) is 0 Å². The molecule has 0 atom stereocenters. The molecule has 3 rings (SSSR count). The number of benzene rings is 2. The van der Waals surface area contributed by atoms with Crippen LogP contribution in [0.4, 0.5) is 0 Å². The minimum Gasteiger partial charge on any atom is -0.431 e. The van der Waals surface area contributed by atoms with Gasteiger partial charge >= 0.3 is 0 Å². The van der Waals surface area contributed by atoms with E-state index in [0.717, 1.165) is 15.6 Å². The molecule has 1 heterocycles. The van der Waals surface area contributed by atoms with Crippen molar-refractivity contribution in [2.75, 3.05) is 5.75 Å². The molecular formula is C19H17BrN2O2S. The van der Waals surface area contributed by atoms with Crippen LogP contribution in [-0.2, 0) is 11.3 Å². The van der Waals surface area contributed by atoms with Crippen molar-refractivity contribution in [3.63, 3.8) is 0 Å². The molecule has 6 heteroatoms. The van der Waals surface area contributed by atoms with Crippen LogP contribution >= 0.6 is 27.7 Å². The Balaban J connectivity index is 1.49. The maximum absolute atomic E-state index is 12.0. The van der Waals surface area contributed by atoms with E-state index in [1.807, 2.05) is 55.5 Å². The van der Waals surface area contributed by atoms with Crippen molar-refractivity contribution in [2.45, 2.75) is 18.7 Å². The molecule has 0 saturated heterocycles. The average molecular weight is 417 g/mol. The predicted octanol–water partition coefficient (Wildman–Crippen LogP) is 4.82. The summed E-state index contributed by atoms with van der Waals surface area (Å²) in [5.41, 5.74) is 3.24. The third-order valence-corrected chi connectivity index (χ3v) is 4.92. The van der Waals surface area contributed by atoms with E-state index < -0.39 is 0 Å². The summed E-state index contributed by atoms with van der Waals surface area (Å²) >= 11 is 4.69. The van der Waals surface area contributed by atoms with Gasteiger partial charge in [0.1, 0.15) is 0 Å². The SMILES string of the molecule is Cc1ccc(CNC(=O)CSc2ncc(-c3ccc(Br)cc3)o2)cc1. The Kier molecular flexibility index (Phi) is 5.94. The maximum Gasteiger partial charge on any atom is 0.256 e. The number of rotatable bonds is 6. The van der Waals surface area contributed by atoms with Crippen LogP contribution in [0.1, 0.15) is 11.1 Å². The van der Waals surface area contributed by atoms with Gasteiger partial charge in [0.2, 0.25) is 5.91 Å². The second-order valence-electron chi connectivity index (χ2n) is 5.55. The van der Waals surface area contributed by atoms with Crippen molar-refractivity contribution >= 4 is 33.6 Å². The second kappa shape index (κ2) is 8.36. The third kappa shape index (κ3) is 5.21. The third-order valence-electron chi connectivity index (χ3n) is 3.55. The van der Waals surface area contributed by atoms with Crippen LogP contribution in [0.3, 0.4) is 0 Å². The fraction of sp³-hybridized carbons (Fsp3) is 0.158. The van der Waals surface area contributed by atoms with Gasteiger partial charge in [-0.05, 0) is 24.6 Å². The number of carbonyl (C=O) groups is 1. The highest BCUT2D eigenvalue weighted by molar-refractivity contribution is 9.10. The van der Waals surface area contributed by atoms with Gasteiger partial charge in [0.15, 0.2) is 5.76 Å². The molecular weight excluding hydrogens is 400 g/mol. The van der Waals surface area contributed by atoms with E-state index >= 15 is 0 Å². The zero-order valence-corrected chi connectivity index (χ0v) is 16.1. The van der Waals surface area contributed by atoms with Gasteiger partial charge in [0.25, 0.3) is 5.22 Å². The molecule has 0 spiro atoms. The number of aromatic nitrogens is 1. The molecule has 4 nitrogen and oxygen atoms in total. The largest absolute Gasteiger partial charge is 0.431 e. The second-order valence-corrected chi connectivity index (χ2v) is 7.39. The van der Waals surface area contributed by atoms with E-state index in [2.05, 4.69) is 26.2 Å². The van der Waals surface area contributed by atoms with Crippen LogP contribution in [0.2, 0.25) is 0 Å². The van der Waals surface area contributed by atoms with Gasteiger partial charge in [0, 0.05) is 16.6 Å². The minimum absolute atomic E-state index is 0.0473. The topological polar surface area (TPSA) is 55.1 Å². The summed E-state index contributed by atoms with van der Waals surface area (Å²) in [5, 5.41) is 3.39. The van der Waals surface area contributed by atoms with Gasteiger partial charge in [-0.15, -0.1) is 0 Å².